The highest BCUT2D eigenvalue weighted by Gasteiger charge is 2.30. The van der Waals surface area contributed by atoms with Crippen LogP contribution in [0.3, 0.4) is 0 Å². The summed E-state index contributed by atoms with van der Waals surface area (Å²) < 4.78 is 5.07. The van der Waals surface area contributed by atoms with E-state index in [0.29, 0.717) is 18.8 Å². The Morgan fingerprint density at radius 3 is 2.86 bits per heavy atom. The Bertz CT molecular complexity index is 574. The summed E-state index contributed by atoms with van der Waals surface area (Å²) in [6.07, 6.45) is 1.83. The third kappa shape index (κ3) is 3.36. The van der Waals surface area contributed by atoms with E-state index in [1.54, 1.807) is 4.90 Å². The van der Waals surface area contributed by atoms with E-state index in [1.165, 1.54) is 25.3 Å². The molecule has 22 heavy (non-hydrogen) atoms. The van der Waals surface area contributed by atoms with Crippen molar-refractivity contribution in [1.29, 1.82) is 0 Å². The van der Waals surface area contributed by atoms with Gasteiger partial charge in [0.2, 0.25) is 0 Å². The Balaban J connectivity index is 2.29. The number of benzene rings is 1. The third-order valence-corrected chi connectivity index (χ3v) is 4.12. The number of carbonyl (C=O) groups excluding carboxylic acids is 1. The van der Waals surface area contributed by atoms with Crippen molar-refractivity contribution in [2.75, 3.05) is 20.2 Å². The van der Waals surface area contributed by atoms with Gasteiger partial charge in [0.1, 0.15) is 11.3 Å². The number of ether oxygens (including phenoxy) is 1. The zero-order valence-corrected chi connectivity index (χ0v) is 12.8. The largest absolute Gasteiger partial charge is 0.497 e. The van der Waals surface area contributed by atoms with E-state index >= 15 is 0 Å². The zero-order valence-electron chi connectivity index (χ0n) is 12.8. The summed E-state index contributed by atoms with van der Waals surface area (Å²) in [5.41, 5.74) is 5.79. The fraction of sp³-hybridized carbons (Fsp3) is 0.533. The average Bonchev–Trinajstić information content (AvgIpc) is 2.53. The summed E-state index contributed by atoms with van der Waals surface area (Å²) in [6.45, 7) is 3.05. The van der Waals surface area contributed by atoms with Crippen molar-refractivity contribution in [2.45, 2.75) is 25.8 Å². The van der Waals surface area contributed by atoms with E-state index in [1.807, 2.05) is 6.92 Å². The molecular weight excluding hydrogens is 286 g/mol. The highest BCUT2D eigenvalue weighted by molar-refractivity contribution is 5.98. The Hall–Kier alpha value is -2.15. The van der Waals surface area contributed by atoms with E-state index in [-0.39, 0.29) is 29.1 Å². The highest BCUT2D eigenvalue weighted by atomic mass is 16.6. The number of hydrogen-bond acceptors (Lipinski definition) is 5. The number of methoxy groups -OCH3 is 1. The van der Waals surface area contributed by atoms with E-state index in [9.17, 15) is 14.9 Å². The van der Waals surface area contributed by atoms with Crippen LogP contribution in [-0.2, 0) is 0 Å². The molecular formula is C15H21N3O4. The second-order valence-electron chi connectivity index (χ2n) is 5.65. The highest BCUT2D eigenvalue weighted by Crippen LogP contribution is 2.27. The van der Waals surface area contributed by atoms with Crippen LogP contribution in [0.4, 0.5) is 5.69 Å². The van der Waals surface area contributed by atoms with Crippen LogP contribution in [0.5, 0.6) is 5.75 Å². The second-order valence-corrected chi connectivity index (χ2v) is 5.65. The normalized spacial score (nSPS) is 19.6. The Labute approximate surface area is 129 Å². The maximum Gasteiger partial charge on any atom is 0.282 e. The number of carbonyl (C=O) groups is 1. The lowest BCUT2D eigenvalue weighted by atomic mass is 9.91. The van der Waals surface area contributed by atoms with E-state index in [0.717, 1.165) is 12.8 Å². The molecule has 1 aromatic carbocycles. The van der Waals surface area contributed by atoms with Crippen LogP contribution in [0.25, 0.3) is 0 Å². The molecule has 0 spiro atoms. The standard InChI is InChI=1S/C15H21N3O4/c1-10(16)11-4-3-7-17(9-11)15(19)13-8-12(22-2)5-6-14(13)18(20)21/h5-6,8,10-11H,3-4,7,9,16H2,1-2H3. The smallest absolute Gasteiger partial charge is 0.282 e. The number of nitro benzene ring substituents is 1. The van der Waals surface area contributed by atoms with Crippen molar-refractivity contribution in [3.8, 4) is 5.75 Å². The Kier molecular flexibility index (Phi) is 4.97. The molecule has 1 aliphatic heterocycles. The van der Waals surface area contributed by atoms with Crippen LogP contribution in [0, 0.1) is 16.0 Å². The molecule has 0 aromatic heterocycles. The van der Waals surface area contributed by atoms with Crippen molar-refractivity contribution >= 4 is 11.6 Å². The van der Waals surface area contributed by atoms with Gasteiger partial charge in [-0.25, -0.2) is 0 Å². The number of nitro groups is 1. The molecule has 2 N–H and O–H groups in total. The van der Waals surface area contributed by atoms with E-state index in [2.05, 4.69) is 0 Å². The van der Waals surface area contributed by atoms with Gasteiger partial charge in [-0.1, -0.05) is 0 Å². The van der Waals surface area contributed by atoms with Gasteiger partial charge in [0.15, 0.2) is 0 Å². The quantitative estimate of drug-likeness (QED) is 0.675. The second kappa shape index (κ2) is 6.74. The first-order valence-electron chi connectivity index (χ1n) is 7.31. The molecule has 7 heteroatoms. The SMILES string of the molecule is COc1ccc([N+](=O)[O-])c(C(=O)N2CCCC(C(C)N)C2)c1. The molecule has 1 fully saturated rings. The first-order chi connectivity index (χ1) is 10.4. The molecule has 1 saturated heterocycles. The summed E-state index contributed by atoms with van der Waals surface area (Å²) >= 11 is 0. The van der Waals surface area contributed by atoms with Gasteiger partial charge in [0.05, 0.1) is 12.0 Å². The molecule has 7 nitrogen and oxygen atoms in total. The van der Waals surface area contributed by atoms with E-state index in [4.69, 9.17) is 10.5 Å². The molecule has 2 rings (SSSR count). The van der Waals surface area contributed by atoms with Gasteiger partial charge in [0.25, 0.3) is 11.6 Å². The maximum atomic E-state index is 12.7. The Morgan fingerprint density at radius 1 is 1.55 bits per heavy atom. The fourth-order valence-corrected chi connectivity index (χ4v) is 2.77. The van der Waals surface area contributed by atoms with Crippen molar-refractivity contribution in [1.82, 2.24) is 4.90 Å². The summed E-state index contributed by atoms with van der Waals surface area (Å²) in [5, 5.41) is 11.2. The van der Waals surface area contributed by atoms with Gasteiger partial charge in [-0.05, 0) is 37.8 Å². The van der Waals surface area contributed by atoms with Gasteiger partial charge in [-0.3, -0.25) is 14.9 Å². The Morgan fingerprint density at radius 2 is 2.27 bits per heavy atom. The molecule has 0 aliphatic carbocycles. The van der Waals surface area contributed by atoms with Crippen LogP contribution < -0.4 is 10.5 Å². The molecule has 1 amide bonds. The molecule has 1 heterocycles. The number of amides is 1. The minimum absolute atomic E-state index is 0.00380. The number of hydrogen-bond donors (Lipinski definition) is 1. The minimum Gasteiger partial charge on any atom is -0.497 e. The van der Waals surface area contributed by atoms with Crippen LogP contribution in [0.1, 0.15) is 30.1 Å². The van der Waals surface area contributed by atoms with Gasteiger partial charge in [-0.15, -0.1) is 0 Å². The number of rotatable bonds is 4. The summed E-state index contributed by atoms with van der Waals surface area (Å²) in [6, 6.07) is 4.21. The van der Waals surface area contributed by atoms with Gasteiger partial charge >= 0.3 is 0 Å². The number of piperidine rings is 1. The number of nitrogens with two attached hydrogens (primary N) is 1. The van der Waals surface area contributed by atoms with Crippen LogP contribution in [-0.4, -0.2) is 42.0 Å². The van der Waals surface area contributed by atoms with Crippen molar-refractivity contribution in [3.63, 3.8) is 0 Å². The first kappa shape index (κ1) is 16.2. The minimum atomic E-state index is -0.542. The van der Waals surface area contributed by atoms with Gasteiger partial charge in [-0.2, -0.15) is 0 Å². The molecule has 2 unspecified atom stereocenters. The lowest BCUT2D eigenvalue weighted by Crippen LogP contribution is -2.45. The van der Waals surface area contributed by atoms with Crippen LogP contribution >= 0.6 is 0 Å². The van der Waals surface area contributed by atoms with Gasteiger partial charge in [0, 0.05) is 25.2 Å². The monoisotopic (exact) mass is 307 g/mol. The van der Waals surface area contributed by atoms with Crippen molar-refractivity contribution in [3.05, 3.63) is 33.9 Å². The maximum absolute atomic E-state index is 12.7. The van der Waals surface area contributed by atoms with Crippen molar-refractivity contribution in [2.24, 2.45) is 11.7 Å². The molecule has 1 aliphatic rings. The predicted octanol–water partition coefficient (Wildman–Crippen LogP) is 1.80. The lowest BCUT2D eigenvalue weighted by molar-refractivity contribution is -0.385. The first-order valence-corrected chi connectivity index (χ1v) is 7.31. The van der Waals surface area contributed by atoms with Crippen LogP contribution in [0.2, 0.25) is 0 Å². The molecule has 0 bridgehead atoms. The molecule has 1 aromatic rings. The van der Waals surface area contributed by atoms with Crippen LogP contribution in [0.15, 0.2) is 18.2 Å². The number of nitrogens with zero attached hydrogens (tertiary/aromatic N) is 2. The predicted molar refractivity (Wildman–Crippen MR) is 81.9 cm³/mol. The summed E-state index contributed by atoms with van der Waals surface area (Å²) in [5.74, 6) is 0.313. The van der Waals surface area contributed by atoms with Gasteiger partial charge < -0.3 is 15.4 Å². The summed E-state index contributed by atoms with van der Waals surface area (Å²) in [7, 11) is 1.46. The average molecular weight is 307 g/mol. The zero-order chi connectivity index (χ0) is 16.3. The topological polar surface area (TPSA) is 98.7 Å². The molecule has 120 valence electrons. The summed E-state index contributed by atoms with van der Waals surface area (Å²) in [4.78, 5) is 25.0. The molecule has 2 atom stereocenters. The van der Waals surface area contributed by atoms with E-state index < -0.39 is 4.92 Å². The number of likely N-dealkylation sites (tertiary alicyclic amines) is 1. The van der Waals surface area contributed by atoms with Crippen molar-refractivity contribution < 1.29 is 14.5 Å². The fourth-order valence-electron chi connectivity index (χ4n) is 2.77. The molecule has 0 saturated carbocycles. The third-order valence-electron chi connectivity index (χ3n) is 4.12. The molecule has 0 radical (unpaired) electrons. The lowest BCUT2D eigenvalue weighted by Gasteiger charge is -2.34.